The first-order valence-corrected chi connectivity index (χ1v) is 11.1. The van der Waals surface area contributed by atoms with E-state index >= 15 is 0 Å². The molecule has 1 saturated heterocycles. The first kappa shape index (κ1) is 19.5. The van der Waals surface area contributed by atoms with E-state index in [1.54, 1.807) is 6.92 Å². The van der Waals surface area contributed by atoms with Gasteiger partial charge in [0, 0.05) is 39.1 Å². The summed E-state index contributed by atoms with van der Waals surface area (Å²) in [6.45, 7) is 4.41. The number of carbonyl (C=O) groups is 4. The fourth-order valence-electron chi connectivity index (χ4n) is 2.02. The van der Waals surface area contributed by atoms with Crippen LogP contribution in [0.3, 0.4) is 0 Å². The molecule has 0 aromatic heterocycles. The van der Waals surface area contributed by atoms with Gasteiger partial charge in [0.1, 0.15) is 12.1 Å². The Kier molecular flexibility index (Phi) is 7.93. The van der Waals surface area contributed by atoms with Gasteiger partial charge in [-0.15, -0.1) is 0 Å². The highest BCUT2D eigenvalue weighted by Crippen LogP contribution is 2.28. The number of likely N-dealkylation sites (tertiary alicyclic amines) is 1. The lowest BCUT2D eigenvalue weighted by Crippen LogP contribution is -2.54. The number of amides is 4. The number of hydrogen-bond donors (Lipinski definition) is 3. The molecule has 8 nitrogen and oxygen atoms in total. The van der Waals surface area contributed by atoms with Crippen molar-refractivity contribution in [3.8, 4) is 0 Å². The maximum atomic E-state index is 12.2. The molecular weight excluding hydrogens is 443 g/mol. The van der Waals surface area contributed by atoms with E-state index in [-0.39, 0.29) is 12.3 Å². The Labute approximate surface area is 148 Å². The number of imide groups is 1. The fraction of sp³-hybridized carbons (Fsp3) is 0.636. The van der Waals surface area contributed by atoms with Crippen LogP contribution >= 0.6 is 40.2 Å². The van der Waals surface area contributed by atoms with Crippen LogP contribution in [0.1, 0.15) is 27.2 Å². The Morgan fingerprint density at radius 1 is 1.32 bits per heavy atom. The van der Waals surface area contributed by atoms with Crippen LogP contribution in [0.15, 0.2) is 0 Å². The number of rotatable bonds is 7. The Balaban J connectivity index is 2.65. The van der Waals surface area contributed by atoms with Gasteiger partial charge in [0.15, 0.2) is 0 Å². The van der Waals surface area contributed by atoms with Crippen molar-refractivity contribution >= 4 is 63.8 Å². The fourth-order valence-corrected chi connectivity index (χ4v) is 3.75. The first-order valence-electron chi connectivity index (χ1n) is 6.41. The smallest absolute Gasteiger partial charge is 0.248 e. The van der Waals surface area contributed by atoms with Gasteiger partial charge in [-0.05, 0) is 21.8 Å². The van der Waals surface area contributed by atoms with E-state index in [4.69, 9.17) is 0 Å². The molecule has 11 heteroatoms. The molecule has 1 aliphatic heterocycles. The molecule has 124 valence electrons. The highest BCUT2D eigenvalue weighted by molar-refractivity contribution is 14.2. The molecule has 4 amide bonds. The van der Waals surface area contributed by atoms with Gasteiger partial charge in [0.25, 0.3) is 0 Å². The number of nitrogens with zero attached hydrogens (tertiary/aromatic N) is 1. The number of halogens is 1. The second-order valence-electron chi connectivity index (χ2n) is 4.73. The van der Waals surface area contributed by atoms with Gasteiger partial charge in [-0.3, -0.25) is 24.1 Å². The first-order chi connectivity index (χ1) is 10.3. The second-order valence-corrected chi connectivity index (χ2v) is 9.37. The molecule has 0 aromatic carbocycles. The topological polar surface area (TPSA) is 108 Å². The van der Waals surface area contributed by atoms with Crippen LogP contribution in [-0.4, -0.2) is 46.8 Å². The van der Waals surface area contributed by atoms with Gasteiger partial charge in [-0.1, -0.05) is 0 Å². The maximum Gasteiger partial charge on any atom is 0.248 e. The van der Waals surface area contributed by atoms with E-state index in [1.807, 2.05) is 21.2 Å². The van der Waals surface area contributed by atoms with Crippen molar-refractivity contribution in [3.63, 3.8) is 0 Å². The summed E-state index contributed by atoms with van der Waals surface area (Å²) in [6.07, 6.45) is -0.554. The molecule has 22 heavy (non-hydrogen) atoms. The third-order valence-electron chi connectivity index (χ3n) is 2.95. The predicted molar refractivity (Wildman–Crippen MR) is 93.5 cm³/mol. The van der Waals surface area contributed by atoms with Crippen LogP contribution in [0.2, 0.25) is 0 Å². The molecule has 0 radical (unpaired) electrons. The molecule has 3 N–H and O–H groups in total. The summed E-state index contributed by atoms with van der Waals surface area (Å²) >= 11 is 2.05. The third kappa shape index (κ3) is 5.28. The van der Waals surface area contributed by atoms with Gasteiger partial charge < -0.3 is 10.6 Å². The molecule has 1 rings (SSSR count). The van der Waals surface area contributed by atoms with E-state index < -0.39 is 36.0 Å². The molecule has 0 aliphatic carbocycles. The highest BCUT2D eigenvalue weighted by atomic mass is 127. The van der Waals surface area contributed by atoms with Crippen molar-refractivity contribution in [1.82, 2.24) is 20.3 Å². The van der Waals surface area contributed by atoms with Crippen LogP contribution < -0.4 is 15.4 Å². The van der Waals surface area contributed by atoms with Crippen LogP contribution in [-0.2, 0) is 19.2 Å². The lowest BCUT2D eigenvalue weighted by atomic mass is 10.2. The summed E-state index contributed by atoms with van der Waals surface area (Å²) in [5, 5.41) is 5.04. The van der Waals surface area contributed by atoms with Crippen molar-refractivity contribution in [3.05, 3.63) is 0 Å². The molecule has 0 saturated carbocycles. The van der Waals surface area contributed by atoms with Gasteiger partial charge in [0.05, 0.1) is 12.6 Å². The predicted octanol–water partition coefficient (Wildman–Crippen LogP) is 0.337. The van der Waals surface area contributed by atoms with Gasteiger partial charge >= 0.3 is 0 Å². The van der Waals surface area contributed by atoms with Crippen molar-refractivity contribution < 1.29 is 19.2 Å². The molecule has 1 heterocycles. The van der Waals surface area contributed by atoms with Gasteiger partial charge in [-0.2, -0.15) is 0 Å². The second kappa shape index (κ2) is 8.93. The summed E-state index contributed by atoms with van der Waals surface area (Å²) in [6, 6.07) is -1.55. The Morgan fingerprint density at radius 3 is 2.50 bits per heavy atom. The molecule has 3 atom stereocenters. The average molecular weight is 460 g/mol. The van der Waals surface area contributed by atoms with E-state index in [9.17, 15) is 19.2 Å². The standard InChI is InChI=1S/C11H17IN4O4S2/c1-5(10(19)14-6(2)13-7(3)17)16-9(18)4-8(11(16)20)15-22-21-12/h5-6,8,15H,4H2,1-3H3,(H,13,17)(H,14,19). The minimum atomic E-state index is -0.930. The van der Waals surface area contributed by atoms with E-state index in [0.29, 0.717) is 0 Å². The lowest BCUT2D eigenvalue weighted by molar-refractivity contribution is -0.146. The Morgan fingerprint density at radius 2 is 1.95 bits per heavy atom. The van der Waals surface area contributed by atoms with Crippen LogP contribution in [0.25, 0.3) is 0 Å². The number of carbonyl (C=O) groups excluding carboxylic acids is 4. The molecule has 3 unspecified atom stereocenters. The molecule has 1 aliphatic rings. The van der Waals surface area contributed by atoms with Crippen molar-refractivity contribution in [2.75, 3.05) is 0 Å². The minimum absolute atomic E-state index is 0.0297. The number of nitrogens with one attached hydrogen (secondary N) is 3. The summed E-state index contributed by atoms with van der Waals surface area (Å²) in [4.78, 5) is 48.1. The lowest BCUT2D eigenvalue weighted by Gasteiger charge is -2.24. The van der Waals surface area contributed by atoms with E-state index in [2.05, 4.69) is 15.4 Å². The average Bonchev–Trinajstić information content (AvgIpc) is 2.69. The van der Waals surface area contributed by atoms with E-state index in [1.165, 1.54) is 32.8 Å². The SMILES string of the molecule is CC(=O)NC(C)NC(=O)C(C)N1C(=O)CC(NSSI)C1=O. The summed E-state index contributed by atoms with van der Waals surface area (Å²) in [5.41, 5.74) is 0. The van der Waals surface area contributed by atoms with Crippen molar-refractivity contribution in [2.24, 2.45) is 0 Å². The monoisotopic (exact) mass is 460 g/mol. The molecule has 0 bridgehead atoms. The van der Waals surface area contributed by atoms with Gasteiger partial charge in [0.2, 0.25) is 23.6 Å². The normalized spacial score (nSPS) is 20.7. The third-order valence-corrected chi connectivity index (χ3v) is 5.49. The zero-order valence-corrected chi connectivity index (χ0v) is 16.0. The summed E-state index contributed by atoms with van der Waals surface area (Å²) in [5.74, 6) is -1.60. The highest BCUT2D eigenvalue weighted by Gasteiger charge is 2.43. The largest absolute Gasteiger partial charge is 0.337 e. The van der Waals surface area contributed by atoms with Crippen LogP contribution in [0.5, 0.6) is 0 Å². The zero-order chi connectivity index (χ0) is 16.9. The zero-order valence-electron chi connectivity index (χ0n) is 12.2. The van der Waals surface area contributed by atoms with Crippen LogP contribution in [0, 0.1) is 0 Å². The molecule has 1 fully saturated rings. The van der Waals surface area contributed by atoms with Crippen molar-refractivity contribution in [2.45, 2.75) is 45.4 Å². The Bertz CT molecular complexity index is 479. The van der Waals surface area contributed by atoms with Crippen molar-refractivity contribution in [1.29, 1.82) is 0 Å². The van der Waals surface area contributed by atoms with Gasteiger partial charge in [-0.25, -0.2) is 4.72 Å². The summed E-state index contributed by atoms with van der Waals surface area (Å²) in [7, 11) is 2.65. The number of hydrogen-bond acceptors (Lipinski definition) is 7. The molecule has 0 aromatic rings. The quantitative estimate of drug-likeness (QED) is 0.165. The minimum Gasteiger partial charge on any atom is -0.337 e. The summed E-state index contributed by atoms with van der Waals surface area (Å²) < 4.78 is 2.87. The Hall–Kier alpha value is -0.530. The maximum absolute atomic E-state index is 12.2. The van der Waals surface area contributed by atoms with E-state index in [0.717, 1.165) is 4.90 Å². The molecular formula is C11H17IN4O4S2. The molecule has 0 spiro atoms. The van der Waals surface area contributed by atoms with Crippen LogP contribution in [0.4, 0.5) is 0 Å².